The fourth-order valence-corrected chi connectivity index (χ4v) is 1.74. The number of hydrogen-bond donors (Lipinski definition) is 1. The molecular formula is C12H17FN2O3. The lowest BCUT2D eigenvalue weighted by Crippen LogP contribution is -2.38. The molecule has 6 heteroatoms. The zero-order valence-corrected chi connectivity index (χ0v) is 10.7. The first kappa shape index (κ1) is 14.4. The summed E-state index contributed by atoms with van der Waals surface area (Å²) in [6.07, 6.45) is 0. The Bertz CT molecular complexity index is 443. The average Bonchev–Trinajstić information content (AvgIpc) is 2.24. The number of nitrogens with zero attached hydrogens (tertiary/aromatic N) is 2. The largest absolute Gasteiger partial charge is 0.389 e. The van der Waals surface area contributed by atoms with E-state index in [0.29, 0.717) is 12.2 Å². The topological polar surface area (TPSA) is 66.6 Å². The molecule has 0 saturated heterocycles. The van der Waals surface area contributed by atoms with E-state index in [1.54, 1.807) is 18.7 Å². The van der Waals surface area contributed by atoms with Gasteiger partial charge in [0.25, 0.3) is 5.69 Å². The number of halogens is 1. The highest BCUT2D eigenvalue weighted by atomic mass is 19.1. The lowest BCUT2D eigenvalue weighted by molar-refractivity contribution is -0.384. The number of anilines is 1. The third-order valence-electron chi connectivity index (χ3n) is 2.43. The molecule has 0 aliphatic heterocycles. The molecule has 0 aliphatic rings. The van der Waals surface area contributed by atoms with E-state index in [0.717, 1.165) is 6.07 Å². The predicted octanol–water partition coefficient (Wildman–Crippen LogP) is 2.33. The molecule has 5 nitrogen and oxygen atoms in total. The molecule has 1 aromatic carbocycles. The lowest BCUT2D eigenvalue weighted by atomic mass is 10.1. The SMILES string of the molecule is CCN(CC(C)(C)O)c1ccc(F)cc1[N+](=O)[O-]. The first-order valence-corrected chi connectivity index (χ1v) is 5.66. The van der Waals surface area contributed by atoms with Crippen LogP contribution < -0.4 is 4.90 Å². The molecule has 1 aromatic rings. The highest BCUT2D eigenvalue weighted by Crippen LogP contribution is 2.29. The minimum absolute atomic E-state index is 0.232. The average molecular weight is 256 g/mol. The summed E-state index contributed by atoms with van der Waals surface area (Å²) in [6, 6.07) is 3.43. The van der Waals surface area contributed by atoms with E-state index in [9.17, 15) is 19.6 Å². The molecule has 1 N–H and O–H groups in total. The second kappa shape index (κ2) is 5.30. The summed E-state index contributed by atoms with van der Waals surface area (Å²) in [5, 5.41) is 20.7. The fraction of sp³-hybridized carbons (Fsp3) is 0.500. The third-order valence-corrected chi connectivity index (χ3v) is 2.43. The molecule has 100 valence electrons. The van der Waals surface area contributed by atoms with Gasteiger partial charge in [-0.05, 0) is 32.9 Å². The highest BCUT2D eigenvalue weighted by molar-refractivity contribution is 5.63. The van der Waals surface area contributed by atoms with E-state index in [4.69, 9.17) is 0 Å². The van der Waals surface area contributed by atoms with Crippen molar-refractivity contribution in [2.24, 2.45) is 0 Å². The first-order valence-electron chi connectivity index (χ1n) is 5.66. The predicted molar refractivity (Wildman–Crippen MR) is 67.2 cm³/mol. The summed E-state index contributed by atoms with van der Waals surface area (Å²) < 4.78 is 13.0. The van der Waals surface area contributed by atoms with Crippen LogP contribution in [0.15, 0.2) is 18.2 Å². The molecule has 0 aliphatic carbocycles. The van der Waals surface area contributed by atoms with Crippen LogP contribution >= 0.6 is 0 Å². The Morgan fingerprint density at radius 3 is 2.56 bits per heavy atom. The second-order valence-corrected chi connectivity index (χ2v) is 4.72. The molecule has 0 heterocycles. The van der Waals surface area contributed by atoms with Gasteiger partial charge in [0.05, 0.1) is 16.6 Å². The van der Waals surface area contributed by atoms with Crippen molar-refractivity contribution in [2.45, 2.75) is 26.4 Å². The van der Waals surface area contributed by atoms with Crippen LogP contribution in [0, 0.1) is 15.9 Å². The first-order chi connectivity index (χ1) is 8.24. The molecule has 0 radical (unpaired) electrons. The van der Waals surface area contributed by atoms with Crippen LogP contribution in [-0.4, -0.2) is 28.7 Å². The smallest absolute Gasteiger partial charge is 0.295 e. The maximum absolute atomic E-state index is 13.0. The van der Waals surface area contributed by atoms with Crippen molar-refractivity contribution >= 4 is 11.4 Å². The van der Waals surface area contributed by atoms with Crippen molar-refractivity contribution in [3.8, 4) is 0 Å². The Morgan fingerprint density at radius 1 is 1.50 bits per heavy atom. The number of rotatable bonds is 5. The Balaban J connectivity index is 3.17. The Hall–Kier alpha value is -1.69. The third kappa shape index (κ3) is 3.66. The summed E-state index contributed by atoms with van der Waals surface area (Å²) >= 11 is 0. The van der Waals surface area contributed by atoms with Gasteiger partial charge in [-0.2, -0.15) is 0 Å². The number of benzene rings is 1. The van der Waals surface area contributed by atoms with E-state index in [1.165, 1.54) is 12.1 Å². The summed E-state index contributed by atoms with van der Waals surface area (Å²) in [4.78, 5) is 11.9. The molecule has 0 aromatic heterocycles. The monoisotopic (exact) mass is 256 g/mol. The molecular weight excluding hydrogens is 239 g/mol. The van der Waals surface area contributed by atoms with Gasteiger partial charge in [0.1, 0.15) is 11.5 Å². The van der Waals surface area contributed by atoms with Gasteiger partial charge in [-0.25, -0.2) is 4.39 Å². The molecule has 1 rings (SSSR count). The van der Waals surface area contributed by atoms with E-state index in [1.807, 2.05) is 6.92 Å². The van der Waals surface area contributed by atoms with Crippen LogP contribution in [0.4, 0.5) is 15.8 Å². The Morgan fingerprint density at radius 2 is 2.11 bits per heavy atom. The highest BCUT2D eigenvalue weighted by Gasteiger charge is 2.24. The zero-order chi connectivity index (χ0) is 13.9. The summed E-state index contributed by atoms with van der Waals surface area (Å²) in [5.74, 6) is -0.648. The van der Waals surface area contributed by atoms with E-state index in [-0.39, 0.29) is 12.2 Å². The van der Waals surface area contributed by atoms with Crippen LogP contribution in [-0.2, 0) is 0 Å². The molecule has 0 saturated carbocycles. The van der Waals surface area contributed by atoms with Gasteiger partial charge < -0.3 is 10.0 Å². The molecule has 18 heavy (non-hydrogen) atoms. The molecule has 0 unspecified atom stereocenters. The number of nitro groups is 1. The molecule has 0 amide bonds. The normalized spacial score (nSPS) is 11.4. The number of nitro benzene ring substituents is 1. The van der Waals surface area contributed by atoms with Crippen molar-refractivity contribution in [3.63, 3.8) is 0 Å². The van der Waals surface area contributed by atoms with Gasteiger partial charge in [-0.3, -0.25) is 10.1 Å². The van der Waals surface area contributed by atoms with Gasteiger partial charge in [0.2, 0.25) is 0 Å². The summed E-state index contributed by atoms with van der Waals surface area (Å²) in [6.45, 7) is 5.77. The minimum atomic E-state index is -0.988. The van der Waals surface area contributed by atoms with Crippen molar-refractivity contribution in [1.82, 2.24) is 0 Å². The van der Waals surface area contributed by atoms with Crippen LogP contribution in [0.2, 0.25) is 0 Å². The molecule has 0 atom stereocenters. The second-order valence-electron chi connectivity index (χ2n) is 4.72. The summed E-state index contributed by atoms with van der Waals surface area (Å²) in [7, 11) is 0. The quantitative estimate of drug-likeness (QED) is 0.648. The maximum atomic E-state index is 13.0. The fourth-order valence-electron chi connectivity index (χ4n) is 1.74. The van der Waals surface area contributed by atoms with Crippen LogP contribution in [0.3, 0.4) is 0 Å². The van der Waals surface area contributed by atoms with Gasteiger partial charge in [0.15, 0.2) is 0 Å². The van der Waals surface area contributed by atoms with Gasteiger partial charge in [-0.15, -0.1) is 0 Å². The van der Waals surface area contributed by atoms with E-state index >= 15 is 0 Å². The van der Waals surface area contributed by atoms with Crippen molar-refractivity contribution in [2.75, 3.05) is 18.0 Å². The van der Waals surface area contributed by atoms with Crippen molar-refractivity contribution in [3.05, 3.63) is 34.1 Å². The van der Waals surface area contributed by atoms with Crippen molar-refractivity contribution in [1.29, 1.82) is 0 Å². The molecule has 0 fully saturated rings. The number of likely N-dealkylation sites (N-methyl/N-ethyl adjacent to an activating group) is 1. The Labute approximate surface area is 105 Å². The number of aliphatic hydroxyl groups is 1. The minimum Gasteiger partial charge on any atom is -0.389 e. The molecule has 0 bridgehead atoms. The summed E-state index contributed by atoms with van der Waals surface area (Å²) in [5.41, 5.74) is -0.967. The van der Waals surface area contributed by atoms with Crippen LogP contribution in [0.1, 0.15) is 20.8 Å². The van der Waals surface area contributed by atoms with Gasteiger partial charge >= 0.3 is 0 Å². The van der Waals surface area contributed by atoms with Crippen LogP contribution in [0.5, 0.6) is 0 Å². The van der Waals surface area contributed by atoms with Crippen LogP contribution in [0.25, 0.3) is 0 Å². The standard InChI is InChI=1S/C12H17FN2O3/c1-4-14(8-12(2,3)16)10-6-5-9(13)7-11(10)15(17)18/h5-7,16H,4,8H2,1-3H3. The van der Waals surface area contributed by atoms with E-state index in [2.05, 4.69) is 0 Å². The molecule has 0 spiro atoms. The van der Waals surface area contributed by atoms with Gasteiger partial charge in [-0.1, -0.05) is 0 Å². The maximum Gasteiger partial charge on any atom is 0.295 e. The lowest BCUT2D eigenvalue weighted by Gasteiger charge is -2.29. The van der Waals surface area contributed by atoms with E-state index < -0.39 is 16.3 Å². The number of hydrogen-bond acceptors (Lipinski definition) is 4. The Kier molecular flexibility index (Phi) is 4.24. The van der Waals surface area contributed by atoms with Crippen molar-refractivity contribution < 1.29 is 14.4 Å². The zero-order valence-electron chi connectivity index (χ0n) is 10.7. The van der Waals surface area contributed by atoms with Gasteiger partial charge in [0, 0.05) is 13.1 Å².